The number of aromatic nitrogens is 5. The molecule has 0 radical (unpaired) electrons. The van der Waals surface area contributed by atoms with E-state index < -0.39 is 0 Å². The highest BCUT2D eigenvalue weighted by Crippen LogP contribution is 2.39. The first-order chi connectivity index (χ1) is 32.1. The first-order valence-electron chi connectivity index (χ1n) is 22.4. The minimum atomic E-state index is -0.318. The minimum absolute atomic E-state index is 0.00649. The SMILES string of the molecule is C=CC(=O)N1CCN(c2nc(OCC3CCC(CNCc4ccc(-n5c(O)nnc5-c5cc(CC)c(O)cc5O)cc4)N3)nc3c2CCN(c2cccc4cccc(Cl)c24)C3)C[C@@H]1CC#N. The summed E-state index contributed by atoms with van der Waals surface area (Å²) >= 11 is 6.78. The highest BCUT2D eigenvalue weighted by molar-refractivity contribution is 6.36. The molecule has 17 heteroatoms. The number of hydrogen-bond acceptors (Lipinski definition) is 14. The number of ether oxygens (including phenoxy) is 1. The summed E-state index contributed by atoms with van der Waals surface area (Å²) in [4.78, 5) is 29.0. The monoisotopic (exact) mass is 909 g/mol. The maximum atomic E-state index is 12.7. The van der Waals surface area contributed by atoms with Gasteiger partial charge in [0.05, 0.1) is 47.0 Å². The van der Waals surface area contributed by atoms with Crippen molar-refractivity contribution < 1.29 is 24.9 Å². The zero-order chi connectivity index (χ0) is 45.9. The molecule has 5 heterocycles. The molecule has 0 saturated carbocycles. The lowest BCUT2D eigenvalue weighted by Gasteiger charge is -2.42. The molecule has 5 N–H and O–H groups in total. The number of nitrogens with one attached hydrogen (secondary N) is 2. The number of anilines is 2. The normalized spacial score (nSPS) is 18.3. The molecule has 2 unspecified atom stereocenters. The van der Waals surface area contributed by atoms with E-state index in [1.54, 1.807) is 11.0 Å². The van der Waals surface area contributed by atoms with E-state index in [0.717, 1.165) is 65.0 Å². The number of piperazine rings is 1. The number of phenolic OH excluding ortho intramolecular Hbond substituents is 2. The van der Waals surface area contributed by atoms with Crippen LogP contribution in [0.3, 0.4) is 0 Å². The lowest BCUT2D eigenvalue weighted by atomic mass is 10.0. The summed E-state index contributed by atoms with van der Waals surface area (Å²) < 4.78 is 7.91. The Bertz CT molecular complexity index is 2810. The van der Waals surface area contributed by atoms with E-state index in [1.807, 2.05) is 43.3 Å². The van der Waals surface area contributed by atoms with Crippen LogP contribution < -0.4 is 25.2 Å². The molecule has 340 valence electrons. The van der Waals surface area contributed by atoms with Crippen LogP contribution in [0.4, 0.5) is 11.5 Å². The van der Waals surface area contributed by atoms with E-state index in [1.165, 1.54) is 16.7 Å². The largest absolute Gasteiger partial charge is 0.508 e. The van der Waals surface area contributed by atoms with Crippen LogP contribution in [0.1, 0.15) is 48.6 Å². The van der Waals surface area contributed by atoms with Crippen molar-refractivity contribution in [3.63, 3.8) is 0 Å². The van der Waals surface area contributed by atoms with Gasteiger partial charge in [-0.15, -0.1) is 5.10 Å². The van der Waals surface area contributed by atoms with E-state index in [0.29, 0.717) is 80.0 Å². The van der Waals surface area contributed by atoms with Gasteiger partial charge in [-0.3, -0.25) is 4.79 Å². The van der Waals surface area contributed by atoms with Crippen molar-refractivity contribution in [2.24, 2.45) is 0 Å². The van der Waals surface area contributed by atoms with Crippen LogP contribution in [0.25, 0.3) is 27.8 Å². The number of nitriles is 1. The topological polar surface area (TPSA) is 201 Å². The highest BCUT2D eigenvalue weighted by atomic mass is 35.5. The van der Waals surface area contributed by atoms with Gasteiger partial charge in [-0.05, 0) is 78.6 Å². The van der Waals surface area contributed by atoms with E-state index in [-0.39, 0.29) is 53.8 Å². The van der Waals surface area contributed by atoms with Crippen molar-refractivity contribution >= 4 is 39.8 Å². The molecule has 2 fully saturated rings. The van der Waals surface area contributed by atoms with Crippen LogP contribution in [-0.4, -0.2) is 108 Å². The van der Waals surface area contributed by atoms with Crippen molar-refractivity contribution in [3.8, 4) is 46.7 Å². The molecule has 2 aromatic heterocycles. The molecule has 6 aromatic rings. The molecule has 0 aliphatic carbocycles. The molecule has 66 heavy (non-hydrogen) atoms. The van der Waals surface area contributed by atoms with Crippen molar-refractivity contribution in [2.75, 3.05) is 49.1 Å². The average molecular weight is 910 g/mol. The average Bonchev–Trinajstić information content (AvgIpc) is 3.96. The van der Waals surface area contributed by atoms with E-state index in [9.17, 15) is 25.4 Å². The predicted octanol–water partition coefficient (Wildman–Crippen LogP) is 6.18. The fourth-order valence-corrected chi connectivity index (χ4v) is 9.77. The quantitative estimate of drug-likeness (QED) is 0.0776. The van der Waals surface area contributed by atoms with E-state index in [4.69, 9.17) is 26.3 Å². The summed E-state index contributed by atoms with van der Waals surface area (Å²) in [6.45, 7) is 10.1. The van der Waals surface area contributed by atoms with Gasteiger partial charge in [0.1, 0.15) is 23.9 Å². The molecular weight excluding hydrogens is 858 g/mol. The summed E-state index contributed by atoms with van der Waals surface area (Å²) in [6, 6.07) is 25.0. The molecule has 4 aromatic carbocycles. The number of halogens is 1. The Morgan fingerprint density at radius 1 is 1.00 bits per heavy atom. The third-order valence-corrected chi connectivity index (χ3v) is 13.2. The molecule has 3 aliphatic heterocycles. The van der Waals surface area contributed by atoms with Crippen LogP contribution in [0.2, 0.25) is 5.02 Å². The third kappa shape index (κ3) is 9.02. The van der Waals surface area contributed by atoms with Crippen molar-refractivity contribution in [1.29, 1.82) is 5.26 Å². The van der Waals surface area contributed by atoms with Gasteiger partial charge >= 0.3 is 12.0 Å². The van der Waals surface area contributed by atoms with Gasteiger partial charge in [-0.1, -0.05) is 66.6 Å². The number of aromatic hydroxyl groups is 3. The van der Waals surface area contributed by atoms with Gasteiger partial charge in [-0.25, -0.2) is 4.57 Å². The Labute approximate surface area is 387 Å². The minimum Gasteiger partial charge on any atom is -0.508 e. The van der Waals surface area contributed by atoms with Gasteiger partial charge in [0, 0.05) is 74.1 Å². The zero-order valence-corrected chi connectivity index (χ0v) is 37.5. The van der Waals surface area contributed by atoms with Gasteiger partial charge in [-0.2, -0.15) is 15.2 Å². The Hall–Kier alpha value is -6.93. The van der Waals surface area contributed by atoms with Crippen molar-refractivity contribution in [1.82, 2.24) is 40.3 Å². The van der Waals surface area contributed by atoms with E-state index >= 15 is 0 Å². The van der Waals surface area contributed by atoms with Gasteiger partial charge in [0.25, 0.3) is 0 Å². The second-order valence-corrected chi connectivity index (χ2v) is 17.4. The maximum Gasteiger partial charge on any atom is 0.319 e. The zero-order valence-electron chi connectivity index (χ0n) is 36.7. The summed E-state index contributed by atoms with van der Waals surface area (Å²) in [6.07, 6.45) is 4.64. The number of hydrogen-bond donors (Lipinski definition) is 5. The number of benzene rings is 4. The number of nitrogens with zero attached hydrogens (tertiary/aromatic N) is 9. The van der Waals surface area contributed by atoms with Crippen LogP contribution in [0.15, 0.2) is 85.5 Å². The molecule has 3 aliphatic rings. The molecule has 2 saturated heterocycles. The van der Waals surface area contributed by atoms with Crippen LogP contribution in [0, 0.1) is 11.3 Å². The number of aryl methyl sites for hydroxylation is 1. The maximum absolute atomic E-state index is 12.7. The fourth-order valence-electron chi connectivity index (χ4n) is 9.49. The Balaban J connectivity index is 0.855. The van der Waals surface area contributed by atoms with Crippen LogP contribution in [0.5, 0.6) is 23.5 Å². The van der Waals surface area contributed by atoms with Crippen LogP contribution >= 0.6 is 11.6 Å². The van der Waals surface area contributed by atoms with E-state index in [2.05, 4.69) is 67.5 Å². The lowest BCUT2D eigenvalue weighted by Crippen LogP contribution is -2.55. The van der Waals surface area contributed by atoms with Gasteiger partial charge in [0.15, 0.2) is 5.82 Å². The predicted molar refractivity (Wildman–Crippen MR) is 252 cm³/mol. The molecule has 1 amide bonds. The second-order valence-electron chi connectivity index (χ2n) is 17.0. The molecule has 3 atom stereocenters. The first-order valence-corrected chi connectivity index (χ1v) is 22.8. The molecule has 16 nitrogen and oxygen atoms in total. The summed E-state index contributed by atoms with van der Waals surface area (Å²) in [5.74, 6) is 0.692. The number of phenols is 2. The number of amides is 1. The molecule has 0 spiro atoms. The van der Waals surface area contributed by atoms with Gasteiger partial charge < -0.3 is 45.4 Å². The summed E-state index contributed by atoms with van der Waals surface area (Å²) in [7, 11) is 0. The summed E-state index contributed by atoms with van der Waals surface area (Å²) in [5.41, 5.74) is 5.62. The second kappa shape index (κ2) is 19.3. The Morgan fingerprint density at radius 2 is 1.80 bits per heavy atom. The number of carbonyl (C=O) groups excluding carboxylic acids is 1. The van der Waals surface area contributed by atoms with Gasteiger partial charge in [0.2, 0.25) is 5.91 Å². The van der Waals surface area contributed by atoms with Crippen LogP contribution in [-0.2, 0) is 30.7 Å². The van der Waals surface area contributed by atoms with Crippen molar-refractivity contribution in [2.45, 2.75) is 70.2 Å². The number of rotatable bonds is 14. The Morgan fingerprint density at radius 3 is 2.59 bits per heavy atom. The van der Waals surface area contributed by atoms with Crippen molar-refractivity contribution in [3.05, 3.63) is 113 Å². The molecule has 0 bridgehead atoms. The highest BCUT2D eigenvalue weighted by Gasteiger charge is 2.34. The standard InChI is InChI=1S/C49H52ClN11O5/c1-3-31-23-38(43(63)24-42(31)62)47-56-57-49(65)61(47)35-15-11-30(12-16-35)25-52-26-33-13-14-34(53-33)29-66-48-54-40-28-58(41-10-6-8-32-7-5-9-39(50)45(32)41)20-18-37(40)46(55-48)59-21-22-60(44(64)4-2)36(27-59)17-19-51/h4-12,15-16,23-24,33-34,36,52-53,62-63H,2-3,13-14,17-18,20-22,25-29H2,1H3,(H,57,65)/t33?,34?,36-/m0/s1. The summed E-state index contributed by atoms with van der Waals surface area (Å²) in [5, 5.41) is 59.2. The smallest absolute Gasteiger partial charge is 0.319 e. The Kier molecular flexibility index (Phi) is 12.9. The number of fused-ring (bicyclic) bond motifs is 2. The fraction of sp³-hybridized carbons (Fsp3) is 0.347. The molecule has 9 rings (SSSR count). The third-order valence-electron chi connectivity index (χ3n) is 12.9. The number of carbonyl (C=O) groups is 1. The molecular formula is C49H52ClN11O5. The first kappa shape index (κ1) is 44.3. The lowest BCUT2D eigenvalue weighted by molar-refractivity contribution is -0.128.